The van der Waals surface area contributed by atoms with Crippen LogP contribution >= 0.6 is 0 Å². The van der Waals surface area contributed by atoms with E-state index >= 15 is 0 Å². The number of anilines is 1. The van der Waals surface area contributed by atoms with Crippen LogP contribution in [-0.2, 0) is 6.18 Å². The number of hydrogen-bond acceptors (Lipinski definition) is 4. The standard InChI is InChI=1S/C16H8F5N3O2/c17-10-4-5-12(11(18)7-10)22-14(25)9-3-1-2-8(6-9)13-23-15(26-24-13)16(19,20)21/h1-7H,(H,22,25). The van der Waals surface area contributed by atoms with Gasteiger partial charge in [-0.25, -0.2) is 8.78 Å². The Morgan fingerprint density at radius 2 is 1.85 bits per heavy atom. The molecule has 1 amide bonds. The molecule has 1 aromatic heterocycles. The topological polar surface area (TPSA) is 68.0 Å². The minimum Gasteiger partial charge on any atom is -0.329 e. The summed E-state index contributed by atoms with van der Waals surface area (Å²) >= 11 is 0. The van der Waals surface area contributed by atoms with Gasteiger partial charge in [0.1, 0.15) is 11.6 Å². The van der Waals surface area contributed by atoms with Gasteiger partial charge < -0.3 is 9.84 Å². The van der Waals surface area contributed by atoms with E-state index in [-0.39, 0.29) is 22.6 Å². The highest BCUT2D eigenvalue weighted by Gasteiger charge is 2.38. The van der Waals surface area contributed by atoms with E-state index in [9.17, 15) is 26.7 Å². The molecule has 0 saturated carbocycles. The van der Waals surface area contributed by atoms with Crippen LogP contribution in [-0.4, -0.2) is 16.0 Å². The molecule has 0 fully saturated rings. The maximum absolute atomic E-state index is 13.6. The number of amides is 1. The lowest BCUT2D eigenvalue weighted by Gasteiger charge is -2.07. The number of benzene rings is 2. The summed E-state index contributed by atoms with van der Waals surface area (Å²) < 4.78 is 68.1. The number of carbonyl (C=O) groups excluding carboxylic acids is 1. The number of aromatic nitrogens is 2. The maximum Gasteiger partial charge on any atom is 0.471 e. The van der Waals surface area contributed by atoms with E-state index in [1.807, 2.05) is 0 Å². The van der Waals surface area contributed by atoms with Gasteiger partial charge in [0.25, 0.3) is 5.91 Å². The lowest BCUT2D eigenvalue weighted by atomic mass is 10.1. The SMILES string of the molecule is O=C(Nc1ccc(F)cc1F)c1cccc(-c2noc(C(F)(F)F)n2)c1. The lowest BCUT2D eigenvalue weighted by molar-refractivity contribution is -0.159. The predicted octanol–water partition coefficient (Wildman–Crippen LogP) is 4.29. The summed E-state index contributed by atoms with van der Waals surface area (Å²) in [4.78, 5) is 15.4. The highest BCUT2D eigenvalue weighted by molar-refractivity contribution is 6.04. The van der Waals surface area contributed by atoms with E-state index in [0.29, 0.717) is 6.07 Å². The van der Waals surface area contributed by atoms with E-state index in [0.717, 1.165) is 12.1 Å². The number of hydrogen-bond donors (Lipinski definition) is 1. The number of halogens is 5. The Morgan fingerprint density at radius 3 is 2.50 bits per heavy atom. The first kappa shape index (κ1) is 17.5. The third-order valence-electron chi connectivity index (χ3n) is 3.23. The molecule has 0 spiro atoms. The molecule has 0 bridgehead atoms. The van der Waals surface area contributed by atoms with Crippen molar-refractivity contribution in [3.63, 3.8) is 0 Å². The molecule has 1 N–H and O–H groups in total. The summed E-state index contributed by atoms with van der Waals surface area (Å²) in [6, 6.07) is 7.93. The maximum atomic E-state index is 13.6. The Morgan fingerprint density at radius 1 is 1.08 bits per heavy atom. The fourth-order valence-electron chi connectivity index (χ4n) is 2.04. The number of nitrogens with zero attached hydrogens (tertiary/aromatic N) is 2. The van der Waals surface area contributed by atoms with Crippen molar-refractivity contribution >= 4 is 11.6 Å². The van der Waals surface area contributed by atoms with Gasteiger partial charge in [0, 0.05) is 17.2 Å². The molecule has 10 heteroatoms. The Kier molecular flexibility index (Phi) is 4.41. The van der Waals surface area contributed by atoms with Crippen molar-refractivity contribution in [3.8, 4) is 11.4 Å². The third kappa shape index (κ3) is 3.68. The highest BCUT2D eigenvalue weighted by Crippen LogP contribution is 2.29. The summed E-state index contributed by atoms with van der Waals surface area (Å²) in [5.41, 5.74) is -0.151. The Labute approximate surface area is 142 Å². The van der Waals surface area contributed by atoms with Gasteiger partial charge in [0.05, 0.1) is 5.69 Å². The quantitative estimate of drug-likeness (QED) is 0.700. The van der Waals surface area contributed by atoms with Crippen LogP contribution in [0.4, 0.5) is 27.6 Å². The second-order valence-corrected chi connectivity index (χ2v) is 5.08. The summed E-state index contributed by atoms with van der Waals surface area (Å²) in [5, 5.41) is 5.46. The van der Waals surface area contributed by atoms with E-state index < -0.39 is 29.6 Å². The van der Waals surface area contributed by atoms with Crippen molar-refractivity contribution in [2.24, 2.45) is 0 Å². The van der Waals surface area contributed by atoms with Crippen LogP contribution in [0.2, 0.25) is 0 Å². The zero-order chi connectivity index (χ0) is 18.9. The van der Waals surface area contributed by atoms with Gasteiger partial charge in [-0.15, -0.1) is 0 Å². The zero-order valence-electron chi connectivity index (χ0n) is 12.6. The van der Waals surface area contributed by atoms with Crippen LogP contribution in [0.1, 0.15) is 16.2 Å². The third-order valence-corrected chi connectivity index (χ3v) is 3.23. The van der Waals surface area contributed by atoms with E-state index in [1.165, 1.54) is 24.3 Å². The van der Waals surface area contributed by atoms with Crippen molar-refractivity contribution in [2.75, 3.05) is 5.32 Å². The minimum absolute atomic E-state index is 0.00424. The van der Waals surface area contributed by atoms with Gasteiger partial charge in [0.15, 0.2) is 0 Å². The largest absolute Gasteiger partial charge is 0.471 e. The first-order chi connectivity index (χ1) is 12.2. The second-order valence-electron chi connectivity index (χ2n) is 5.08. The first-order valence-corrected chi connectivity index (χ1v) is 7.02. The molecule has 0 unspecified atom stereocenters. The lowest BCUT2D eigenvalue weighted by Crippen LogP contribution is -2.13. The van der Waals surface area contributed by atoms with Gasteiger partial charge in [-0.2, -0.15) is 18.2 Å². The van der Waals surface area contributed by atoms with Crippen LogP contribution in [0.15, 0.2) is 47.0 Å². The van der Waals surface area contributed by atoms with Gasteiger partial charge in [-0.3, -0.25) is 4.79 Å². The summed E-state index contributed by atoms with van der Waals surface area (Å²) in [7, 11) is 0. The number of alkyl halides is 3. The molecule has 0 atom stereocenters. The molecule has 3 aromatic rings. The number of rotatable bonds is 3. The summed E-state index contributed by atoms with van der Waals surface area (Å²) in [6.07, 6.45) is -4.79. The Balaban J connectivity index is 1.84. The molecule has 0 aliphatic carbocycles. The van der Waals surface area contributed by atoms with E-state index in [2.05, 4.69) is 20.0 Å². The fourth-order valence-corrected chi connectivity index (χ4v) is 2.04. The minimum atomic E-state index is -4.79. The average Bonchev–Trinajstić information content (AvgIpc) is 3.08. The molecule has 3 rings (SSSR count). The molecule has 26 heavy (non-hydrogen) atoms. The highest BCUT2D eigenvalue weighted by atomic mass is 19.4. The molecular weight excluding hydrogens is 361 g/mol. The first-order valence-electron chi connectivity index (χ1n) is 7.02. The molecule has 0 aliphatic rings. The van der Waals surface area contributed by atoms with Gasteiger partial charge in [-0.1, -0.05) is 17.3 Å². The van der Waals surface area contributed by atoms with Crippen LogP contribution in [0.5, 0.6) is 0 Å². The van der Waals surface area contributed by atoms with Crippen molar-refractivity contribution < 1.29 is 31.3 Å². The normalized spacial score (nSPS) is 11.4. The monoisotopic (exact) mass is 369 g/mol. The van der Waals surface area contributed by atoms with Crippen molar-refractivity contribution in [1.82, 2.24) is 10.1 Å². The molecule has 0 saturated heterocycles. The van der Waals surface area contributed by atoms with E-state index in [4.69, 9.17) is 0 Å². The number of nitrogens with one attached hydrogen (secondary N) is 1. The fraction of sp³-hybridized carbons (Fsp3) is 0.0625. The van der Waals surface area contributed by atoms with Gasteiger partial charge >= 0.3 is 12.1 Å². The second kappa shape index (κ2) is 6.54. The molecule has 1 heterocycles. The molecular formula is C16H8F5N3O2. The van der Waals surface area contributed by atoms with Gasteiger partial charge in [0.2, 0.25) is 5.82 Å². The summed E-state index contributed by atoms with van der Waals surface area (Å²) in [6.45, 7) is 0. The van der Waals surface area contributed by atoms with Crippen LogP contribution in [0, 0.1) is 11.6 Å². The Bertz CT molecular complexity index is 969. The van der Waals surface area contributed by atoms with E-state index in [1.54, 1.807) is 0 Å². The van der Waals surface area contributed by atoms with Crippen molar-refractivity contribution in [3.05, 3.63) is 65.6 Å². The number of carbonyl (C=O) groups is 1. The van der Waals surface area contributed by atoms with Crippen LogP contribution < -0.4 is 5.32 Å². The van der Waals surface area contributed by atoms with Crippen molar-refractivity contribution in [1.29, 1.82) is 0 Å². The molecule has 134 valence electrons. The van der Waals surface area contributed by atoms with Gasteiger partial charge in [-0.05, 0) is 24.3 Å². The molecule has 5 nitrogen and oxygen atoms in total. The smallest absolute Gasteiger partial charge is 0.329 e. The molecule has 0 radical (unpaired) electrons. The van der Waals surface area contributed by atoms with Crippen molar-refractivity contribution in [2.45, 2.75) is 6.18 Å². The molecule has 0 aliphatic heterocycles. The molecule has 2 aromatic carbocycles. The summed E-state index contributed by atoms with van der Waals surface area (Å²) in [5.74, 6) is -4.41. The average molecular weight is 369 g/mol. The zero-order valence-corrected chi connectivity index (χ0v) is 12.6. The van der Waals surface area contributed by atoms with Crippen LogP contribution in [0.3, 0.4) is 0 Å². The van der Waals surface area contributed by atoms with Crippen LogP contribution in [0.25, 0.3) is 11.4 Å². The Hall–Kier alpha value is -3.30. The predicted molar refractivity (Wildman–Crippen MR) is 79.0 cm³/mol.